The van der Waals surface area contributed by atoms with Gasteiger partial charge in [0.05, 0.1) is 63.8 Å². The number of carbonyl (C=O) groups is 1. The maximum atomic E-state index is 15.4. The Morgan fingerprint density at radius 2 is 1.15 bits per heavy atom. The number of esters is 1. The van der Waals surface area contributed by atoms with Crippen molar-refractivity contribution in [3.63, 3.8) is 0 Å². The van der Waals surface area contributed by atoms with Gasteiger partial charge >= 0.3 is 5.97 Å². The van der Waals surface area contributed by atoms with Crippen molar-refractivity contribution < 1.29 is 138 Å². The average molecular weight is 1470 g/mol. The molecule has 5 aliphatic carbocycles. The topological polar surface area (TPSA) is 441 Å². The first-order valence-corrected chi connectivity index (χ1v) is 36.4. The van der Waals surface area contributed by atoms with Crippen LogP contribution in [0.3, 0.4) is 0 Å². The van der Waals surface area contributed by atoms with Crippen LogP contribution < -0.4 is 14.9 Å². The summed E-state index contributed by atoms with van der Waals surface area (Å²) in [6.45, 7) is 17.2. The van der Waals surface area contributed by atoms with Crippen molar-refractivity contribution in [3.05, 3.63) is 70.4 Å². The first-order valence-electron chi connectivity index (χ1n) is 36.4. The number of benzene rings is 2. The SMILES string of the molecule is CC1OC(OC2CCC3(C)C(CCC4(C)C3CC=C3C5CC(C)(C)CCC5(C(=O)OC5OCC(O)C(O)C5OC5OC(C)C(OC6OC(CO)C(O)C(O)C6O)C(O)C5O)C(O)CC34C)C2(C)C)C(O)C(O)C1OC1OCC(O)C(O)C1O.COc1cccc(-c2cc(=O)c3ccc(OC)cc3o2)c1. The van der Waals surface area contributed by atoms with Crippen molar-refractivity contribution in [1.29, 1.82) is 0 Å². The number of rotatable bonds is 14. The summed E-state index contributed by atoms with van der Waals surface area (Å²) < 4.78 is 75.8. The Balaban J connectivity index is 0.000000412. The number of methoxy groups -OCH3 is 2. The molecule has 2 aromatic carbocycles. The molecule has 0 amide bonds. The minimum absolute atomic E-state index is 0.0864. The van der Waals surface area contributed by atoms with Crippen molar-refractivity contribution in [2.75, 3.05) is 34.0 Å². The van der Waals surface area contributed by atoms with Crippen molar-refractivity contribution in [1.82, 2.24) is 0 Å². The van der Waals surface area contributed by atoms with E-state index < -0.39 is 195 Å². The Bertz CT molecular complexity index is 3590. The molecule has 9 fully saturated rings. The van der Waals surface area contributed by atoms with Gasteiger partial charge < -0.3 is 133 Å². The molecule has 4 saturated carbocycles. The van der Waals surface area contributed by atoms with E-state index in [2.05, 4.69) is 54.5 Å². The van der Waals surface area contributed by atoms with Gasteiger partial charge in [0.15, 0.2) is 36.7 Å². The molecule has 29 heteroatoms. The maximum absolute atomic E-state index is 15.4. The first kappa shape index (κ1) is 79.1. The Labute approximate surface area is 603 Å². The molecule has 3 aromatic rings. The molecule has 29 nitrogen and oxygen atoms in total. The summed E-state index contributed by atoms with van der Waals surface area (Å²) in [7, 11) is 3.17. The monoisotopic (exact) mass is 1470 g/mol. The van der Waals surface area contributed by atoms with E-state index in [4.69, 9.17) is 61.3 Å². The average Bonchev–Trinajstić information content (AvgIpc) is 0.671. The minimum atomic E-state index is -1.93. The lowest BCUT2D eigenvalue weighted by Crippen LogP contribution is -2.68. The molecule has 1 aromatic heterocycles. The molecule has 6 heterocycles. The number of aliphatic hydroxyl groups is 14. The minimum Gasteiger partial charge on any atom is -0.497 e. The van der Waals surface area contributed by atoms with Crippen LogP contribution in [0.4, 0.5) is 0 Å². The lowest BCUT2D eigenvalue weighted by molar-refractivity contribution is -0.374. The van der Waals surface area contributed by atoms with Crippen molar-refractivity contribution in [2.45, 2.75) is 274 Å². The molecule has 32 atom stereocenters. The Morgan fingerprint density at radius 1 is 0.567 bits per heavy atom. The Kier molecular flexibility index (Phi) is 22.9. The van der Waals surface area contributed by atoms with Gasteiger partial charge in [0.1, 0.15) is 120 Å². The van der Waals surface area contributed by atoms with Gasteiger partial charge in [-0.05, 0) is 141 Å². The zero-order chi connectivity index (χ0) is 75.4. The third kappa shape index (κ3) is 13.9. The quantitative estimate of drug-likeness (QED) is 0.0619. The number of ether oxygens (including phenoxy) is 12. The first-order chi connectivity index (χ1) is 49.0. The van der Waals surface area contributed by atoms with Crippen LogP contribution in [0.25, 0.3) is 22.3 Å². The van der Waals surface area contributed by atoms with Gasteiger partial charge in [0, 0.05) is 17.7 Å². The van der Waals surface area contributed by atoms with Crippen molar-refractivity contribution >= 4 is 16.9 Å². The summed E-state index contributed by atoms with van der Waals surface area (Å²) in [5, 5.41) is 153. The molecule has 32 unspecified atom stereocenters. The molecule has 582 valence electrons. The number of aliphatic hydroxyl groups excluding tert-OH is 14. The highest BCUT2D eigenvalue weighted by molar-refractivity contribution is 5.81. The largest absolute Gasteiger partial charge is 0.497 e. The zero-order valence-corrected chi connectivity index (χ0v) is 60.7. The highest BCUT2D eigenvalue weighted by Crippen LogP contribution is 2.76. The van der Waals surface area contributed by atoms with Crippen LogP contribution >= 0.6 is 0 Å². The molecular formula is C75H108O29. The van der Waals surface area contributed by atoms with Gasteiger partial charge in [-0.2, -0.15) is 0 Å². The number of fused-ring (bicyclic) bond motifs is 8. The summed E-state index contributed by atoms with van der Waals surface area (Å²) in [5.74, 6) is 0.854. The summed E-state index contributed by atoms with van der Waals surface area (Å²) in [6.07, 6.45) is -29.2. The molecule has 10 aliphatic rings. The summed E-state index contributed by atoms with van der Waals surface area (Å²) in [5.41, 5.74) is -1.07. The molecule has 104 heavy (non-hydrogen) atoms. The van der Waals surface area contributed by atoms with Crippen molar-refractivity contribution in [2.24, 2.45) is 50.2 Å². The smallest absolute Gasteiger partial charge is 0.317 e. The van der Waals surface area contributed by atoms with E-state index in [0.717, 1.165) is 30.4 Å². The number of allylic oxidation sites excluding steroid dienone is 2. The Morgan fingerprint density at radius 3 is 1.81 bits per heavy atom. The van der Waals surface area contributed by atoms with Gasteiger partial charge in [-0.15, -0.1) is 0 Å². The van der Waals surface area contributed by atoms with E-state index in [-0.39, 0.29) is 53.0 Å². The predicted octanol–water partition coefficient (Wildman–Crippen LogP) is 1.57. The lowest BCUT2D eigenvalue weighted by atomic mass is 9.33. The summed E-state index contributed by atoms with van der Waals surface area (Å²) >= 11 is 0. The van der Waals surface area contributed by atoms with Gasteiger partial charge in [-0.1, -0.05) is 72.2 Å². The van der Waals surface area contributed by atoms with Gasteiger partial charge in [-0.3, -0.25) is 9.59 Å². The van der Waals surface area contributed by atoms with Crippen LogP contribution in [0.1, 0.15) is 120 Å². The van der Waals surface area contributed by atoms with E-state index in [0.29, 0.717) is 53.9 Å². The van der Waals surface area contributed by atoms with Gasteiger partial charge in [0.25, 0.3) is 0 Å². The fourth-order valence-electron chi connectivity index (χ4n) is 19.7. The lowest BCUT2D eigenvalue weighted by Gasteiger charge is -2.71. The van der Waals surface area contributed by atoms with E-state index >= 15 is 4.79 Å². The third-order valence-corrected chi connectivity index (χ3v) is 26.0. The Hall–Kier alpha value is -4.46. The van der Waals surface area contributed by atoms with Crippen LogP contribution in [-0.2, 0) is 52.2 Å². The van der Waals surface area contributed by atoms with Gasteiger partial charge in [-0.25, -0.2) is 0 Å². The highest BCUT2D eigenvalue weighted by Gasteiger charge is 2.72. The number of carbonyl (C=O) groups excluding carboxylic acids is 1. The normalized spacial score (nSPS) is 46.1. The second kappa shape index (κ2) is 30.1. The molecule has 0 radical (unpaired) electrons. The van der Waals surface area contributed by atoms with Crippen LogP contribution in [0, 0.1) is 50.2 Å². The second-order valence-corrected chi connectivity index (χ2v) is 32.8. The highest BCUT2D eigenvalue weighted by atomic mass is 16.8. The van der Waals surface area contributed by atoms with Gasteiger partial charge in [0.2, 0.25) is 6.29 Å². The van der Waals surface area contributed by atoms with E-state index in [1.807, 2.05) is 24.3 Å². The van der Waals surface area contributed by atoms with E-state index in [9.17, 15) is 76.3 Å². The maximum Gasteiger partial charge on any atom is 0.317 e. The summed E-state index contributed by atoms with van der Waals surface area (Å²) in [4.78, 5) is 27.6. The fraction of sp³-hybridized carbons (Fsp3) is 0.760. The van der Waals surface area contributed by atoms with E-state index in [1.54, 1.807) is 39.3 Å². The number of hydrogen-bond acceptors (Lipinski definition) is 29. The van der Waals surface area contributed by atoms with E-state index in [1.165, 1.54) is 13.0 Å². The molecule has 5 saturated heterocycles. The standard InChI is InChI=1S/C58H94O25.C17H14O4/c1-23-44(80-47-40(69)34(63)27(60)21-74-47)38(67)42(71)48(76-23)79-33-13-14-55(7)30(54(33,5)6)12-15-56(8)31(55)11-10-25-26-18-53(3,4)16-17-58(26,32(62)19-57(25,56)9)52(73)83-51-46(35(64)28(61)22-75-51)82-49-43(72)39(68)45(24(2)77-49)81-50-41(70)37(66)36(65)29(20-59)78-50;1-19-12-5-3-4-11(8-12)16-10-15(18)14-7-6-13(20-2)9-17(14)21-16/h10,23-24,26-51,59-72H,11-22H2,1-9H3;3-10H,1-2H3. The number of hydrogen-bond donors (Lipinski definition) is 14. The molecule has 13 rings (SSSR count). The molecule has 14 N–H and O–H groups in total. The van der Waals surface area contributed by atoms with Crippen LogP contribution in [0.2, 0.25) is 0 Å². The van der Waals surface area contributed by atoms with Crippen molar-refractivity contribution in [3.8, 4) is 22.8 Å². The predicted molar refractivity (Wildman–Crippen MR) is 363 cm³/mol. The third-order valence-electron chi connectivity index (χ3n) is 26.0. The molecular weight excluding hydrogens is 1360 g/mol. The molecule has 0 bridgehead atoms. The second-order valence-electron chi connectivity index (χ2n) is 32.8. The fourth-order valence-corrected chi connectivity index (χ4v) is 19.7. The van der Waals surface area contributed by atoms with Crippen LogP contribution in [0.15, 0.2) is 69.4 Å². The van der Waals surface area contributed by atoms with Crippen LogP contribution in [-0.4, -0.2) is 265 Å². The molecule has 0 spiro atoms. The molecule has 5 aliphatic heterocycles. The summed E-state index contributed by atoms with van der Waals surface area (Å²) in [6, 6.07) is 14.0. The zero-order valence-electron chi connectivity index (χ0n) is 60.7. The van der Waals surface area contributed by atoms with Crippen LogP contribution in [0.5, 0.6) is 11.5 Å².